The molecule has 0 saturated heterocycles. The Bertz CT molecular complexity index is 804. The maximum Gasteiger partial charge on any atom is 0.134 e. The van der Waals surface area contributed by atoms with E-state index in [2.05, 4.69) is 10.4 Å². The van der Waals surface area contributed by atoms with E-state index in [-0.39, 0.29) is 0 Å². The summed E-state index contributed by atoms with van der Waals surface area (Å²) in [5.74, 6) is 1.62. The highest BCUT2D eigenvalue weighted by Crippen LogP contribution is 2.24. The smallest absolute Gasteiger partial charge is 0.134 e. The summed E-state index contributed by atoms with van der Waals surface area (Å²) in [6.45, 7) is 2.70. The van der Waals surface area contributed by atoms with E-state index in [1.165, 1.54) is 0 Å². The van der Waals surface area contributed by atoms with Crippen molar-refractivity contribution in [2.75, 3.05) is 13.7 Å². The van der Waals surface area contributed by atoms with E-state index < -0.39 is 5.60 Å². The number of rotatable bonds is 6. The van der Waals surface area contributed by atoms with Gasteiger partial charge in [0.1, 0.15) is 22.7 Å². The van der Waals surface area contributed by atoms with Crippen LogP contribution in [-0.4, -0.2) is 28.5 Å². The first-order valence-corrected chi connectivity index (χ1v) is 7.46. The highest BCUT2D eigenvalue weighted by atomic mass is 16.5. The minimum absolute atomic E-state index is 0.402. The summed E-state index contributed by atoms with van der Waals surface area (Å²) in [6.07, 6.45) is 3.49. The number of aryl methyl sites for hydroxylation is 1. The Labute approximate surface area is 134 Å². The van der Waals surface area contributed by atoms with E-state index in [1.807, 2.05) is 37.5 Å². The molecular formula is C17H21N3O3. The summed E-state index contributed by atoms with van der Waals surface area (Å²) in [7, 11) is 3.47. The Morgan fingerprint density at radius 1 is 1.39 bits per heavy atom. The predicted molar refractivity (Wildman–Crippen MR) is 87.3 cm³/mol. The standard InChI is InChI=1S/C17H21N3O3/c1-17(21,13-8-19-20(2)10-13)11-18-9-15-7-12-6-14(22-3)4-5-16(12)23-15/h4-8,10,18,21H,9,11H2,1-3H3. The first-order valence-electron chi connectivity index (χ1n) is 7.46. The molecule has 6 heteroatoms. The van der Waals surface area contributed by atoms with E-state index in [0.717, 1.165) is 28.0 Å². The minimum Gasteiger partial charge on any atom is -0.497 e. The average molecular weight is 315 g/mol. The quantitative estimate of drug-likeness (QED) is 0.729. The van der Waals surface area contributed by atoms with Crippen LogP contribution in [0.15, 0.2) is 41.1 Å². The second kappa shape index (κ2) is 6.06. The SMILES string of the molecule is COc1ccc2oc(CNCC(C)(O)c3cnn(C)c3)cc2c1. The van der Waals surface area contributed by atoms with Crippen LogP contribution in [0.2, 0.25) is 0 Å². The Balaban J connectivity index is 1.64. The van der Waals surface area contributed by atoms with Crippen molar-refractivity contribution >= 4 is 11.0 Å². The molecule has 0 aliphatic carbocycles. The molecule has 0 amide bonds. The van der Waals surface area contributed by atoms with Crippen LogP contribution in [0.25, 0.3) is 11.0 Å². The molecule has 1 atom stereocenters. The molecule has 3 aromatic rings. The summed E-state index contributed by atoms with van der Waals surface area (Å²) in [6, 6.07) is 7.68. The molecule has 2 heterocycles. The van der Waals surface area contributed by atoms with Gasteiger partial charge in [0.15, 0.2) is 0 Å². The molecule has 1 aromatic carbocycles. The fourth-order valence-electron chi connectivity index (χ4n) is 2.52. The maximum atomic E-state index is 10.5. The Kier molecular flexibility index (Phi) is 4.11. The van der Waals surface area contributed by atoms with Crippen LogP contribution in [0.5, 0.6) is 5.75 Å². The molecule has 0 saturated carbocycles. The zero-order chi connectivity index (χ0) is 16.4. The van der Waals surface area contributed by atoms with Crippen molar-refractivity contribution in [1.82, 2.24) is 15.1 Å². The summed E-state index contributed by atoms with van der Waals surface area (Å²) < 4.78 is 12.7. The fourth-order valence-corrected chi connectivity index (χ4v) is 2.52. The molecule has 0 aliphatic rings. The van der Waals surface area contributed by atoms with Gasteiger partial charge in [0.05, 0.1) is 19.9 Å². The van der Waals surface area contributed by atoms with Gasteiger partial charge in [-0.1, -0.05) is 0 Å². The number of furan rings is 1. The first-order chi connectivity index (χ1) is 11.0. The number of hydrogen-bond donors (Lipinski definition) is 2. The monoisotopic (exact) mass is 315 g/mol. The van der Waals surface area contributed by atoms with E-state index >= 15 is 0 Å². The third-order valence-corrected chi connectivity index (χ3v) is 3.87. The van der Waals surface area contributed by atoms with E-state index in [0.29, 0.717) is 13.1 Å². The second-order valence-corrected chi connectivity index (χ2v) is 5.90. The molecule has 2 N–H and O–H groups in total. The molecule has 2 aromatic heterocycles. The molecular weight excluding hydrogens is 294 g/mol. The van der Waals surface area contributed by atoms with Gasteiger partial charge in [0.2, 0.25) is 0 Å². The summed E-state index contributed by atoms with van der Waals surface area (Å²) in [5.41, 5.74) is 0.618. The fraction of sp³-hybridized carbons (Fsp3) is 0.353. The van der Waals surface area contributed by atoms with Crippen molar-refractivity contribution in [3.05, 3.63) is 48.0 Å². The van der Waals surface area contributed by atoms with Crippen molar-refractivity contribution in [2.45, 2.75) is 19.1 Å². The summed E-state index contributed by atoms with van der Waals surface area (Å²) in [5, 5.41) is 18.8. The molecule has 0 aliphatic heterocycles. The van der Waals surface area contributed by atoms with Crippen LogP contribution in [0.3, 0.4) is 0 Å². The van der Waals surface area contributed by atoms with Crippen molar-refractivity contribution < 1.29 is 14.3 Å². The van der Waals surface area contributed by atoms with Crippen LogP contribution in [0.1, 0.15) is 18.2 Å². The molecule has 6 nitrogen and oxygen atoms in total. The van der Waals surface area contributed by atoms with Gasteiger partial charge < -0.3 is 19.6 Å². The molecule has 23 heavy (non-hydrogen) atoms. The number of ether oxygens (including phenoxy) is 1. The van der Waals surface area contributed by atoms with Gasteiger partial charge >= 0.3 is 0 Å². The van der Waals surface area contributed by atoms with Gasteiger partial charge in [-0.3, -0.25) is 4.68 Å². The summed E-state index contributed by atoms with van der Waals surface area (Å²) in [4.78, 5) is 0. The number of hydrogen-bond acceptors (Lipinski definition) is 5. The number of aromatic nitrogens is 2. The first kappa shape index (κ1) is 15.6. The van der Waals surface area contributed by atoms with Gasteiger partial charge in [-0.05, 0) is 31.2 Å². The molecule has 0 radical (unpaired) electrons. The summed E-state index contributed by atoms with van der Waals surface area (Å²) >= 11 is 0. The van der Waals surface area contributed by atoms with Crippen LogP contribution in [0, 0.1) is 0 Å². The molecule has 122 valence electrons. The highest BCUT2D eigenvalue weighted by molar-refractivity contribution is 5.79. The number of methoxy groups -OCH3 is 1. The number of fused-ring (bicyclic) bond motifs is 1. The lowest BCUT2D eigenvalue weighted by Crippen LogP contribution is -2.34. The van der Waals surface area contributed by atoms with Gasteiger partial charge in [0.25, 0.3) is 0 Å². The van der Waals surface area contributed by atoms with Gasteiger partial charge in [-0.2, -0.15) is 5.10 Å². The minimum atomic E-state index is -0.983. The third-order valence-electron chi connectivity index (χ3n) is 3.87. The highest BCUT2D eigenvalue weighted by Gasteiger charge is 2.24. The van der Waals surface area contributed by atoms with Crippen molar-refractivity contribution in [2.24, 2.45) is 7.05 Å². The molecule has 0 fully saturated rings. The lowest BCUT2D eigenvalue weighted by atomic mass is 10.00. The zero-order valence-corrected chi connectivity index (χ0v) is 13.5. The van der Waals surface area contributed by atoms with E-state index in [1.54, 1.807) is 24.9 Å². The largest absolute Gasteiger partial charge is 0.497 e. The molecule has 0 spiro atoms. The van der Waals surface area contributed by atoms with Gasteiger partial charge in [0, 0.05) is 30.7 Å². The van der Waals surface area contributed by atoms with Gasteiger partial charge in [-0.25, -0.2) is 0 Å². The molecule has 0 bridgehead atoms. The Morgan fingerprint density at radius 3 is 2.91 bits per heavy atom. The lowest BCUT2D eigenvalue weighted by Gasteiger charge is -2.22. The van der Waals surface area contributed by atoms with E-state index in [9.17, 15) is 5.11 Å². The normalized spacial score (nSPS) is 14.1. The Morgan fingerprint density at radius 2 is 2.22 bits per heavy atom. The van der Waals surface area contributed by atoms with Crippen molar-refractivity contribution in [3.63, 3.8) is 0 Å². The predicted octanol–water partition coefficient (Wildman–Crippen LogP) is 2.17. The van der Waals surface area contributed by atoms with Crippen LogP contribution >= 0.6 is 0 Å². The third kappa shape index (κ3) is 3.38. The van der Waals surface area contributed by atoms with Gasteiger partial charge in [-0.15, -0.1) is 0 Å². The second-order valence-electron chi connectivity index (χ2n) is 5.90. The topological polar surface area (TPSA) is 72.4 Å². The van der Waals surface area contributed by atoms with Crippen molar-refractivity contribution in [1.29, 1.82) is 0 Å². The number of nitrogens with one attached hydrogen (secondary N) is 1. The molecule has 1 unspecified atom stereocenters. The Hall–Kier alpha value is -2.31. The van der Waals surface area contributed by atoms with E-state index in [4.69, 9.17) is 9.15 Å². The number of aliphatic hydroxyl groups is 1. The van der Waals surface area contributed by atoms with Crippen LogP contribution in [0.4, 0.5) is 0 Å². The van der Waals surface area contributed by atoms with Crippen LogP contribution < -0.4 is 10.1 Å². The van der Waals surface area contributed by atoms with Crippen molar-refractivity contribution in [3.8, 4) is 5.75 Å². The lowest BCUT2D eigenvalue weighted by molar-refractivity contribution is 0.0562. The molecule has 3 rings (SSSR count). The number of nitrogens with zero attached hydrogens (tertiary/aromatic N) is 2. The zero-order valence-electron chi connectivity index (χ0n) is 13.5. The number of benzene rings is 1. The van der Waals surface area contributed by atoms with Crippen LogP contribution in [-0.2, 0) is 19.2 Å². The average Bonchev–Trinajstić information content (AvgIpc) is 3.12. The maximum absolute atomic E-state index is 10.5.